The number of amides is 2. The summed E-state index contributed by atoms with van der Waals surface area (Å²) in [4.78, 5) is 52.1. The summed E-state index contributed by atoms with van der Waals surface area (Å²) in [5, 5.41) is 3.12. The number of ketones is 2. The van der Waals surface area contributed by atoms with E-state index < -0.39 is 0 Å². The maximum atomic E-state index is 12.9. The summed E-state index contributed by atoms with van der Waals surface area (Å²) < 4.78 is 12.4. The lowest BCUT2D eigenvalue weighted by molar-refractivity contribution is -0.131. The van der Waals surface area contributed by atoms with Crippen LogP contribution in [0.3, 0.4) is 0 Å². The minimum absolute atomic E-state index is 0.0302. The number of thioether (sulfide) groups is 1. The van der Waals surface area contributed by atoms with Crippen molar-refractivity contribution in [1.82, 2.24) is 10.2 Å². The Morgan fingerprint density at radius 1 is 0.565 bits per heavy atom. The minimum atomic E-state index is -0.140. The van der Waals surface area contributed by atoms with Gasteiger partial charge in [0.15, 0.2) is 5.78 Å². The number of carbonyl (C=O) groups excluding carboxylic acids is 4. The molecular formula is C53H100N2O6S. The highest BCUT2D eigenvalue weighted by Crippen LogP contribution is 2.20. The van der Waals surface area contributed by atoms with Gasteiger partial charge in [0.05, 0.1) is 12.7 Å². The highest BCUT2D eigenvalue weighted by Gasteiger charge is 2.19. The van der Waals surface area contributed by atoms with Crippen LogP contribution in [-0.2, 0) is 28.7 Å². The van der Waals surface area contributed by atoms with Crippen LogP contribution in [-0.4, -0.2) is 85.3 Å². The van der Waals surface area contributed by atoms with Crippen LogP contribution in [0.1, 0.15) is 240 Å². The van der Waals surface area contributed by atoms with E-state index in [4.69, 9.17) is 9.47 Å². The molecule has 0 saturated carbocycles. The highest BCUT2D eigenvalue weighted by molar-refractivity contribution is 7.99. The quantitative estimate of drug-likeness (QED) is 0.0479. The normalized spacial score (nSPS) is 12.3. The predicted molar refractivity (Wildman–Crippen MR) is 266 cm³/mol. The zero-order valence-electron chi connectivity index (χ0n) is 41.5. The third-order valence-electron chi connectivity index (χ3n) is 12.2. The van der Waals surface area contributed by atoms with Crippen LogP contribution in [0.5, 0.6) is 0 Å². The van der Waals surface area contributed by atoms with Crippen LogP contribution in [0.2, 0.25) is 0 Å². The first-order valence-electron chi connectivity index (χ1n) is 26.3. The molecule has 0 aromatic heterocycles. The molecule has 0 spiro atoms. The lowest BCUT2D eigenvalue weighted by Gasteiger charge is -2.24. The van der Waals surface area contributed by atoms with Crippen molar-refractivity contribution in [2.45, 2.75) is 246 Å². The summed E-state index contributed by atoms with van der Waals surface area (Å²) in [7, 11) is 0. The molecule has 0 rings (SSSR count). The number of hydrogen-bond donors (Lipinski definition) is 1. The SMILES string of the molecule is C=C(CCN(CCCC(CCSCCC(=O)NCC(COCCCCCCCCCCCCCC)OCCCCCCCCCCCCCC)C(=O)CC)C(=O)CC)C(=O)CC. The van der Waals surface area contributed by atoms with Crippen LogP contribution in [0.4, 0.5) is 0 Å². The van der Waals surface area contributed by atoms with E-state index in [2.05, 4.69) is 25.7 Å². The van der Waals surface area contributed by atoms with E-state index >= 15 is 0 Å². The summed E-state index contributed by atoms with van der Waals surface area (Å²) in [6, 6.07) is 0. The van der Waals surface area contributed by atoms with Crippen molar-refractivity contribution >= 4 is 35.1 Å². The van der Waals surface area contributed by atoms with Gasteiger partial charge in [-0.2, -0.15) is 11.8 Å². The minimum Gasteiger partial charge on any atom is -0.379 e. The van der Waals surface area contributed by atoms with E-state index in [0.29, 0.717) is 76.3 Å². The number of Topliss-reactive ketones (excluding diaryl/α,β-unsaturated/α-hetero) is 2. The van der Waals surface area contributed by atoms with E-state index in [1.807, 2.05) is 25.7 Å². The Morgan fingerprint density at radius 3 is 1.58 bits per heavy atom. The van der Waals surface area contributed by atoms with Crippen LogP contribution >= 0.6 is 11.8 Å². The molecule has 0 fully saturated rings. The second-order valence-electron chi connectivity index (χ2n) is 17.8. The molecule has 62 heavy (non-hydrogen) atoms. The van der Waals surface area contributed by atoms with Crippen molar-refractivity contribution < 1.29 is 28.7 Å². The third kappa shape index (κ3) is 37.6. The molecule has 0 radical (unpaired) electrons. The molecule has 1 N–H and O–H groups in total. The van der Waals surface area contributed by atoms with Gasteiger partial charge in [-0.3, -0.25) is 19.2 Å². The van der Waals surface area contributed by atoms with Gasteiger partial charge in [0, 0.05) is 70.2 Å². The Kier molecular flexibility index (Phi) is 44.6. The van der Waals surface area contributed by atoms with E-state index in [1.54, 1.807) is 11.8 Å². The van der Waals surface area contributed by atoms with Gasteiger partial charge >= 0.3 is 0 Å². The number of nitrogens with zero attached hydrogens (tertiary/aromatic N) is 1. The molecule has 0 aliphatic rings. The first-order chi connectivity index (χ1) is 30.2. The number of rotatable bonds is 49. The Labute approximate surface area is 387 Å². The molecule has 0 aliphatic carbocycles. The molecule has 2 unspecified atom stereocenters. The number of ether oxygens (including phenoxy) is 2. The first-order valence-corrected chi connectivity index (χ1v) is 27.4. The summed E-state index contributed by atoms with van der Waals surface area (Å²) >= 11 is 1.72. The van der Waals surface area contributed by atoms with Crippen LogP contribution < -0.4 is 5.32 Å². The standard InChI is InChI=1S/C53H100N2O6S/c1-7-12-14-16-18-20-22-24-26-28-30-32-41-60-46-49(61-42-33-31-29-27-25-23-21-19-17-15-13-8-2)45-54-52(58)38-44-62-43-37-48(51(57)10-4)35-34-39-55(53(59)11-5)40-36-47(6)50(56)9-3/h48-49H,6-46H2,1-5H3,(H,54,58). The van der Waals surface area contributed by atoms with E-state index in [1.165, 1.54) is 141 Å². The van der Waals surface area contributed by atoms with E-state index in [-0.39, 0.29) is 35.4 Å². The molecule has 0 aromatic carbocycles. The summed E-state index contributed by atoms with van der Waals surface area (Å²) in [6.07, 6.45) is 36.0. The third-order valence-corrected chi connectivity index (χ3v) is 13.3. The molecule has 0 aliphatic heterocycles. The maximum Gasteiger partial charge on any atom is 0.222 e. The van der Waals surface area contributed by atoms with E-state index in [9.17, 15) is 19.2 Å². The zero-order chi connectivity index (χ0) is 45.7. The van der Waals surface area contributed by atoms with Crippen molar-refractivity contribution in [3.63, 3.8) is 0 Å². The monoisotopic (exact) mass is 893 g/mol. The average Bonchev–Trinajstić information content (AvgIpc) is 3.28. The zero-order valence-corrected chi connectivity index (χ0v) is 42.3. The Balaban J connectivity index is 4.62. The van der Waals surface area contributed by atoms with Gasteiger partial charge in [0.2, 0.25) is 11.8 Å². The number of hydrogen-bond acceptors (Lipinski definition) is 7. The van der Waals surface area contributed by atoms with Gasteiger partial charge in [-0.1, -0.05) is 182 Å². The Bertz CT molecular complexity index is 1090. The van der Waals surface area contributed by atoms with E-state index in [0.717, 1.165) is 44.5 Å². The number of unbranched alkanes of at least 4 members (excludes halogenated alkanes) is 22. The summed E-state index contributed by atoms with van der Waals surface area (Å²) in [6.45, 7) is 17.5. The molecule has 0 heterocycles. The first kappa shape index (κ1) is 60.3. The number of carbonyl (C=O) groups is 4. The maximum absolute atomic E-state index is 12.9. The fourth-order valence-electron chi connectivity index (χ4n) is 7.96. The second-order valence-corrected chi connectivity index (χ2v) is 19.0. The molecule has 0 aromatic rings. The van der Waals surface area contributed by atoms with Crippen LogP contribution in [0.15, 0.2) is 12.2 Å². The smallest absolute Gasteiger partial charge is 0.222 e. The van der Waals surface area contributed by atoms with Crippen molar-refractivity contribution in [2.24, 2.45) is 5.92 Å². The molecule has 2 amide bonds. The fraction of sp³-hybridized carbons (Fsp3) is 0.887. The molecule has 364 valence electrons. The van der Waals surface area contributed by atoms with Crippen molar-refractivity contribution in [3.8, 4) is 0 Å². The van der Waals surface area contributed by atoms with Crippen molar-refractivity contribution in [3.05, 3.63) is 12.2 Å². The predicted octanol–water partition coefficient (Wildman–Crippen LogP) is 14.0. The highest BCUT2D eigenvalue weighted by atomic mass is 32.2. The molecule has 0 saturated heterocycles. The van der Waals surface area contributed by atoms with Crippen molar-refractivity contribution in [1.29, 1.82) is 0 Å². The molecule has 0 bridgehead atoms. The largest absolute Gasteiger partial charge is 0.379 e. The molecule has 2 atom stereocenters. The van der Waals surface area contributed by atoms with Crippen LogP contribution in [0.25, 0.3) is 0 Å². The van der Waals surface area contributed by atoms with Gasteiger partial charge in [-0.15, -0.1) is 0 Å². The summed E-state index contributed by atoms with van der Waals surface area (Å²) in [5.74, 6) is 1.87. The van der Waals surface area contributed by atoms with Gasteiger partial charge < -0.3 is 19.7 Å². The van der Waals surface area contributed by atoms with Crippen LogP contribution in [0, 0.1) is 5.92 Å². The topological polar surface area (TPSA) is 102 Å². The lowest BCUT2D eigenvalue weighted by Crippen LogP contribution is -2.37. The Morgan fingerprint density at radius 2 is 1.08 bits per heavy atom. The molecule has 9 heteroatoms. The van der Waals surface area contributed by atoms with Gasteiger partial charge in [-0.05, 0) is 49.9 Å². The van der Waals surface area contributed by atoms with Gasteiger partial charge in [0.1, 0.15) is 5.78 Å². The average molecular weight is 893 g/mol. The Hall–Kier alpha value is -1.71. The molecular weight excluding hydrogens is 793 g/mol. The van der Waals surface area contributed by atoms with Gasteiger partial charge in [-0.25, -0.2) is 0 Å². The second kappa shape index (κ2) is 45.8. The summed E-state index contributed by atoms with van der Waals surface area (Å²) in [5.41, 5.74) is 0.568. The lowest BCUT2D eigenvalue weighted by atomic mass is 9.94. The number of nitrogens with one attached hydrogen (secondary N) is 1. The fourth-order valence-corrected chi connectivity index (χ4v) is 8.94. The van der Waals surface area contributed by atoms with Crippen molar-refractivity contribution in [2.75, 3.05) is 51.0 Å². The van der Waals surface area contributed by atoms with Gasteiger partial charge in [0.25, 0.3) is 0 Å². The molecule has 8 nitrogen and oxygen atoms in total.